The standard InChI is InChI=1S/C26H27BrF6N4O4/c1-7-10-12-24(26(31,32)33,39-14-15(9-3)11-8-2)21-37-36-20(40-21)18-17(34-22(38)41-23(4,5)6)13-16(19(27)35-18)25(28,29)30/h7-9,11,13H,1-3,10,12,14H2,4-6H3,(H,34,38)/b15-11+. The Kier molecular flexibility index (Phi) is 10.7. The van der Waals surface area contributed by atoms with E-state index in [0.29, 0.717) is 6.07 Å². The van der Waals surface area contributed by atoms with E-state index in [-0.39, 0.29) is 12.0 Å². The van der Waals surface area contributed by atoms with Gasteiger partial charge in [0.2, 0.25) is 5.60 Å². The minimum atomic E-state index is -5.11. The van der Waals surface area contributed by atoms with Gasteiger partial charge in [0.25, 0.3) is 11.8 Å². The summed E-state index contributed by atoms with van der Waals surface area (Å²) < 4.78 is 99.7. The molecule has 0 aliphatic heterocycles. The summed E-state index contributed by atoms with van der Waals surface area (Å²) in [6.07, 6.45) is -6.89. The van der Waals surface area contributed by atoms with Gasteiger partial charge in [0.05, 0.1) is 17.9 Å². The van der Waals surface area contributed by atoms with E-state index in [9.17, 15) is 31.1 Å². The number of hydrogen-bond donors (Lipinski definition) is 1. The highest BCUT2D eigenvalue weighted by molar-refractivity contribution is 9.10. The third-order valence-corrected chi connectivity index (χ3v) is 5.73. The SMILES string of the molecule is C=C/C=C(\C=C)COC(CCC=C)(c1nnc(-c2nc(Br)c(C(F)(F)F)cc2NC(=O)OC(C)(C)C)o1)C(F)(F)F. The number of hydrogen-bond acceptors (Lipinski definition) is 7. The number of aromatic nitrogens is 3. The Balaban J connectivity index is 2.72. The van der Waals surface area contributed by atoms with Crippen molar-refractivity contribution in [3.63, 3.8) is 0 Å². The predicted octanol–water partition coefficient (Wildman–Crippen LogP) is 8.30. The molecular weight excluding hydrogens is 626 g/mol. The zero-order valence-electron chi connectivity index (χ0n) is 22.2. The van der Waals surface area contributed by atoms with Crippen LogP contribution in [0.3, 0.4) is 0 Å². The lowest BCUT2D eigenvalue weighted by molar-refractivity contribution is -0.292. The van der Waals surface area contributed by atoms with Crippen LogP contribution in [-0.4, -0.2) is 39.7 Å². The summed E-state index contributed by atoms with van der Waals surface area (Å²) in [6.45, 7) is 14.4. The first-order chi connectivity index (χ1) is 18.9. The quantitative estimate of drug-likeness (QED) is 0.113. The van der Waals surface area contributed by atoms with E-state index in [1.165, 1.54) is 45.1 Å². The van der Waals surface area contributed by atoms with Crippen LogP contribution in [-0.2, 0) is 21.3 Å². The summed E-state index contributed by atoms with van der Waals surface area (Å²) in [7, 11) is 0. The molecule has 1 unspecified atom stereocenters. The van der Waals surface area contributed by atoms with Gasteiger partial charge >= 0.3 is 18.4 Å². The van der Waals surface area contributed by atoms with Crippen molar-refractivity contribution in [2.24, 2.45) is 0 Å². The van der Waals surface area contributed by atoms with Crippen LogP contribution in [0.5, 0.6) is 0 Å². The normalized spacial score (nSPS) is 14.2. The molecule has 1 N–H and O–H groups in total. The van der Waals surface area contributed by atoms with Crippen molar-refractivity contribution < 1.29 is 45.0 Å². The Morgan fingerprint density at radius 1 is 1.12 bits per heavy atom. The van der Waals surface area contributed by atoms with E-state index in [1.807, 2.05) is 0 Å². The molecule has 2 heterocycles. The second kappa shape index (κ2) is 13.0. The summed E-state index contributed by atoms with van der Waals surface area (Å²) in [4.78, 5) is 16.1. The first kappa shape index (κ1) is 33.7. The molecule has 0 aliphatic carbocycles. The van der Waals surface area contributed by atoms with Crippen LogP contribution in [0.2, 0.25) is 0 Å². The first-order valence-electron chi connectivity index (χ1n) is 11.8. The van der Waals surface area contributed by atoms with Crippen molar-refractivity contribution in [2.75, 3.05) is 11.9 Å². The number of alkyl halides is 6. The molecule has 8 nitrogen and oxygen atoms in total. The van der Waals surface area contributed by atoms with Gasteiger partial charge in [0.15, 0.2) is 5.69 Å². The number of nitrogens with zero attached hydrogens (tertiary/aromatic N) is 3. The number of nitrogens with one attached hydrogen (secondary N) is 1. The van der Waals surface area contributed by atoms with Crippen LogP contribution in [0.4, 0.5) is 36.8 Å². The van der Waals surface area contributed by atoms with E-state index in [2.05, 4.69) is 56.2 Å². The number of pyridine rings is 1. The summed E-state index contributed by atoms with van der Waals surface area (Å²) in [5.74, 6) is -1.79. The molecule has 0 aromatic carbocycles. The lowest BCUT2D eigenvalue weighted by Crippen LogP contribution is -2.45. The number of allylic oxidation sites excluding steroid dienone is 3. The van der Waals surface area contributed by atoms with E-state index >= 15 is 0 Å². The minimum Gasteiger partial charge on any atom is -0.444 e. The molecular formula is C26H27BrF6N4O4. The predicted molar refractivity (Wildman–Crippen MR) is 142 cm³/mol. The number of carbonyl (C=O) groups excluding carboxylic acids is 1. The van der Waals surface area contributed by atoms with E-state index in [0.717, 1.165) is 0 Å². The van der Waals surface area contributed by atoms with Crippen LogP contribution < -0.4 is 5.32 Å². The van der Waals surface area contributed by atoms with Crippen molar-refractivity contribution in [1.29, 1.82) is 0 Å². The highest BCUT2D eigenvalue weighted by Crippen LogP contribution is 2.47. The lowest BCUT2D eigenvalue weighted by Gasteiger charge is -2.32. The van der Waals surface area contributed by atoms with Gasteiger partial charge in [0, 0.05) is 0 Å². The lowest BCUT2D eigenvalue weighted by atomic mass is 9.96. The van der Waals surface area contributed by atoms with Gasteiger partial charge in [-0.05, 0) is 61.2 Å². The summed E-state index contributed by atoms with van der Waals surface area (Å²) in [5.41, 5.74) is -6.40. The molecule has 2 rings (SSSR count). The number of rotatable bonds is 11. The van der Waals surface area contributed by atoms with E-state index in [4.69, 9.17) is 13.9 Å². The van der Waals surface area contributed by atoms with Gasteiger partial charge in [-0.1, -0.05) is 37.5 Å². The van der Waals surface area contributed by atoms with E-state index < -0.39 is 76.0 Å². The maximum absolute atomic E-state index is 14.6. The molecule has 0 saturated carbocycles. The fourth-order valence-corrected chi connectivity index (χ4v) is 3.78. The molecule has 1 atom stereocenters. The average Bonchev–Trinajstić information content (AvgIpc) is 3.32. The maximum atomic E-state index is 14.6. The van der Waals surface area contributed by atoms with Gasteiger partial charge in [-0.15, -0.1) is 16.8 Å². The third kappa shape index (κ3) is 8.52. The monoisotopic (exact) mass is 652 g/mol. The fraction of sp³-hybridized carbons (Fsp3) is 0.385. The van der Waals surface area contributed by atoms with Gasteiger partial charge in [-0.25, -0.2) is 9.78 Å². The van der Waals surface area contributed by atoms with Gasteiger partial charge in [-0.2, -0.15) is 26.3 Å². The molecule has 41 heavy (non-hydrogen) atoms. The van der Waals surface area contributed by atoms with Crippen LogP contribution in [0.1, 0.15) is 45.1 Å². The summed E-state index contributed by atoms with van der Waals surface area (Å²) >= 11 is 2.70. The highest BCUT2D eigenvalue weighted by atomic mass is 79.9. The number of amides is 1. The smallest absolute Gasteiger partial charge is 0.426 e. The van der Waals surface area contributed by atoms with Crippen molar-refractivity contribution in [3.05, 3.63) is 71.7 Å². The van der Waals surface area contributed by atoms with Crippen LogP contribution in [0.25, 0.3) is 11.6 Å². The Bertz CT molecular complexity index is 1310. The molecule has 0 fully saturated rings. The molecule has 0 saturated heterocycles. The number of ether oxygens (including phenoxy) is 2. The van der Waals surface area contributed by atoms with E-state index in [1.54, 1.807) is 0 Å². The first-order valence-corrected chi connectivity index (χ1v) is 12.6. The zero-order chi connectivity index (χ0) is 31.2. The van der Waals surface area contributed by atoms with Gasteiger partial charge in [-0.3, -0.25) is 5.32 Å². The second-order valence-corrected chi connectivity index (χ2v) is 10.1. The Morgan fingerprint density at radius 3 is 2.29 bits per heavy atom. The molecule has 2 aromatic heterocycles. The van der Waals surface area contributed by atoms with Gasteiger partial charge in [0.1, 0.15) is 10.2 Å². The molecule has 15 heteroatoms. The van der Waals surface area contributed by atoms with Crippen LogP contribution in [0.15, 0.2) is 64.7 Å². The van der Waals surface area contributed by atoms with Crippen LogP contribution >= 0.6 is 15.9 Å². The average molecular weight is 653 g/mol. The topological polar surface area (TPSA) is 99.4 Å². The second-order valence-electron chi connectivity index (χ2n) is 9.38. The molecule has 0 bridgehead atoms. The minimum absolute atomic E-state index is 0.193. The summed E-state index contributed by atoms with van der Waals surface area (Å²) in [6, 6.07) is 0.502. The fourth-order valence-electron chi connectivity index (χ4n) is 3.27. The van der Waals surface area contributed by atoms with Crippen molar-refractivity contribution in [2.45, 2.75) is 57.2 Å². The molecule has 0 aliphatic rings. The Morgan fingerprint density at radius 2 is 1.78 bits per heavy atom. The zero-order valence-corrected chi connectivity index (χ0v) is 23.8. The molecule has 2 aromatic rings. The molecule has 0 spiro atoms. The highest BCUT2D eigenvalue weighted by Gasteiger charge is 2.61. The summed E-state index contributed by atoms with van der Waals surface area (Å²) in [5, 5.41) is 9.25. The number of carbonyl (C=O) groups is 1. The largest absolute Gasteiger partial charge is 0.444 e. The Labute approximate surface area is 240 Å². The van der Waals surface area contributed by atoms with Crippen LogP contribution in [0, 0.1) is 0 Å². The van der Waals surface area contributed by atoms with Crippen molar-refractivity contribution in [1.82, 2.24) is 15.2 Å². The third-order valence-electron chi connectivity index (χ3n) is 5.13. The maximum Gasteiger partial charge on any atom is 0.426 e. The number of halogens is 7. The van der Waals surface area contributed by atoms with Crippen molar-refractivity contribution >= 4 is 27.7 Å². The molecule has 0 radical (unpaired) electrons. The molecule has 1 amide bonds. The van der Waals surface area contributed by atoms with Crippen molar-refractivity contribution in [3.8, 4) is 11.6 Å². The van der Waals surface area contributed by atoms with Gasteiger partial charge < -0.3 is 13.9 Å². The Hall–Kier alpha value is -3.46. The molecule has 224 valence electrons. The number of anilines is 1.